The van der Waals surface area contributed by atoms with Crippen LogP contribution in [0.15, 0.2) is 182 Å². The van der Waals surface area contributed by atoms with Gasteiger partial charge in [-0.2, -0.15) is 0 Å². The standard InChI is InChI=1S/C36H35NP4.C7HF5O2/c1-7-19-31(20-8-1)40(32-21-9-2-10-22-32,33-23-11-3-12-24-33)38-37-39-41(34-25-13-4-14-26-34,35-27-15-5-16-28-35)36-29-17-6-18-30-36;8-2-1(7(13)14)3(9)5(11)6(12)4(2)10/h1-30,37-41H;(H,13,14). The summed E-state index contributed by atoms with van der Waals surface area (Å²) in [5, 5.41) is 16.8. The molecule has 12 heteroatoms. The van der Waals surface area contributed by atoms with E-state index in [1.165, 1.54) is 31.8 Å². The van der Waals surface area contributed by atoms with Gasteiger partial charge in [-0.15, -0.1) is 0 Å². The van der Waals surface area contributed by atoms with E-state index in [1.807, 2.05) is 0 Å². The van der Waals surface area contributed by atoms with Gasteiger partial charge < -0.3 is 5.11 Å². The van der Waals surface area contributed by atoms with E-state index < -0.39 is 54.5 Å². The van der Waals surface area contributed by atoms with Crippen LogP contribution in [-0.4, -0.2) is 11.1 Å². The fourth-order valence-corrected chi connectivity index (χ4v) is 26.6. The van der Waals surface area contributed by atoms with Gasteiger partial charge in [-0.05, 0) is 0 Å². The zero-order valence-corrected chi connectivity index (χ0v) is 33.1. The van der Waals surface area contributed by atoms with Crippen LogP contribution < -0.4 is 36.7 Å². The van der Waals surface area contributed by atoms with Crippen molar-refractivity contribution in [3.63, 3.8) is 0 Å². The quantitative estimate of drug-likeness (QED) is 0.0593. The molecule has 0 amide bonds. The van der Waals surface area contributed by atoms with E-state index in [2.05, 4.69) is 187 Å². The van der Waals surface area contributed by atoms with Crippen molar-refractivity contribution in [2.45, 2.75) is 0 Å². The summed E-state index contributed by atoms with van der Waals surface area (Å²) in [6, 6.07) is 67.4. The fourth-order valence-electron chi connectivity index (χ4n) is 6.57. The SMILES string of the molecule is O=C(O)c1c(F)c(F)c(F)c(F)c1F.c1ccc([PH](PNP[PH](c2ccccc2)(c2ccccc2)c2ccccc2)(c2ccccc2)c2ccccc2)cc1. The van der Waals surface area contributed by atoms with E-state index in [0.29, 0.717) is 16.8 Å². The van der Waals surface area contributed by atoms with E-state index in [9.17, 15) is 26.7 Å². The van der Waals surface area contributed by atoms with Crippen molar-refractivity contribution in [2.75, 3.05) is 0 Å². The first-order chi connectivity index (χ1) is 26.7. The molecule has 0 aliphatic rings. The molecule has 2 unspecified atom stereocenters. The molecule has 7 aromatic carbocycles. The predicted molar refractivity (Wildman–Crippen MR) is 226 cm³/mol. The molecule has 0 radical (unpaired) electrons. The van der Waals surface area contributed by atoms with E-state index in [-0.39, 0.29) is 0 Å². The molecule has 55 heavy (non-hydrogen) atoms. The van der Waals surface area contributed by atoms with E-state index in [0.717, 1.165) is 0 Å². The van der Waals surface area contributed by atoms with Crippen LogP contribution in [0.25, 0.3) is 0 Å². The third-order valence-corrected chi connectivity index (χ3v) is 27.8. The van der Waals surface area contributed by atoms with Crippen molar-refractivity contribution in [1.29, 1.82) is 0 Å². The van der Waals surface area contributed by atoms with Gasteiger partial charge in [-0.25, -0.2) is 26.7 Å². The maximum absolute atomic E-state index is 12.6. The maximum atomic E-state index is 12.6. The van der Waals surface area contributed by atoms with Crippen LogP contribution in [0.5, 0.6) is 0 Å². The molecule has 0 bridgehead atoms. The van der Waals surface area contributed by atoms with Crippen molar-refractivity contribution >= 4 is 68.5 Å². The van der Waals surface area contributed by atoms with E-state index >= 15 is 0 Å². The van der Waals surface area contributed by atoms with Crippen molar-refractivity contribution in [2.24, 2.45) is 0 Å². The molecule has 280 valence electrons. The van der Waals surface area contributed by atoms with Crippen LogP contribution in [0.4, 0.5) is 22.0 Å². The summed E-state index contributed by atoms with van der Waals surface area (Å²) in [7, 11) is 1.14. The monoisotopic (exact) mass is 817 g/mol. The molecular formula is C43H36F5NO2P4. The first-order valence-corrected chi connectivity index (χ1v) is 25.1. The van der Waals surface area contributed by atoms with Crippen molar-refractivity contribution < 1.29 is 31.9 Å². The van der Waals surface area contributed by atoms with Crippen molar-refractivity contribution in [3.8, 4) is 0 Å². The number of carboxylic acids is 1. The molecule has 0 saturated carbocycles. The average molecular weight is 818 g/mol. The van der Waals surface area contributed by atoms with Gasteiger partial charge in [0.25, 0.3) is 0 Å². The Morgan fingerprint density at radius 2 is 0.582 bits per heavy atom. The summed E-state index contributed by atoms with van der Waals surface area (Å²) in [5.74, 6) is -13.9. The minimum atomic E-state index is -2.38. The van der Waals surface area contributed by atoms with Crippen LogP contribution in [-0.2, 0) is 0 Å². The number of benzene rings is 7. The Morgan fingerprint density at radius 3 is 0.782 bits per heavy atom. The fraction of sp³-hybridized carbons (Fsp3) is 0. The van der Waals surface area contributed by atoms with Gasteiger partial charge in [0.1, 0.15) is 5.56 Å². The molecule has 0 saturated heterocycles. The van der Waals surface area contributed by atoms with Crippen LogP contribution in [0.1, 0.15) is 10.4 Å². The van der Waals surface area contributed by atoms with E-state index in [1.54, 1.807) is 0 Å². The van der Waals surface area contributed by atoms with Crippen molar-refractivity contribution in [3.05, 3.63) is 217 Å². The molecule has 0 aliphatic heterocycles. The molecule has 0 fully saturated rings. The number of halogens is 5. The van der Waals surface area contributed by atoms with Gasteiger partial charge in [0.15, 0.2) is 23.3 Å². The summed E-state index contributed by atoms with van der Waals surface area (Å²) in [4.78, 5) is 14.4. The molecule has 0 spiro atoms. The average Bonchev–Trinajstić information content (AvgIpc) is 3.24. The Bertz CT molecular complexity index is 1980. The zero-order chi connectivity index (χ0) is 38.8. The first-order valence-electron chi connectivity index (χ1n) is 17.1. The molecule has 2 N–H and O–H groups in total. The van der Waals surface area contributed by atoms with Crippen LogP contribution >= 0.6 is 30.7 Å². The molecule has 2 atom stereocenters. The molecule has 0 heterocycles. The van der Waals surface area contributed by atoms with Gasteiger partial charge in [-0.3, -0.25) is 0 Å². The van der Waals surface area contributed by atoms with Gasteiger partial charge in [0, 0.05) is 0 Å². The van der Waals surface area contributed by atoms with Gasteiger partial charge >= 0.3 is 255 Å². The van der Waals surface area contributed by atoms with E-state index in [4.69, 9.17) is 5.11 Å². The molecule has 3 nitrogen and oxygen atoms in total. The normalized spacial score (nSPS) is 12.4. The Hall–Kier alpha value is -4.66. The van der Waals surface area contributed by atoms with Crippen molar-refractivity contribution in [1.82, 2.24) is 4.86 Å². The molecule has 7 aromatic rings. The Labute approximate surface area is 320 Å². The topological polar surface area (TPSA) is 49.3 Å². The van der Waals surface area contributed by atoms with Gasteiger partial charge in [-0.1, -0.05) is 0 Å². The molecule has 0 aromatic heterocycles. The summed E-state index contributed by atoms with van der Waals surface area (Å²) in [6.45, 7) is -4.76. The number of nitrogens with one attached hydrogen (secondary N) is 1. The number of rotatable bonds is 11. The number of carbonyl (C=O) groups is 1. The van der Waals surface area contributed by atoms with Crippen LogP contribution in [0.2, 0.25) is 0 Å². The third kappa shape index (κ3) is 8.31. The van der Waals surface area contributed by atoms with Gasteiger partial charge in [0.05, 0.1) is 0 Å². The number of carboxylic acid groups (broad SMARTS) is 1. The second-order valence-electron chi connectivity index (χ2n) is 12.3. The Kier molecular flexibility index (Phi) is 13.3. The summed E-state index contributed by atoms with van der Waals surface area (Å²) in [6.07, 6.45) is 0. The number of hydrogen-bond donors (Lipinski definition) is 2. The molecular weight excluding hydrogens is 781 g/mol. The Morgan fingerprint density at radius 1 is 0.382 bits per heavy atom. The minimum absolute atomic E-state index is 0.570. The Balaban J connectivity index is 0.000000311. The van der Waals surface area contributed by atoms with Gasteiger partial charge in [0.2, 0.25) is 5.82 Å². The molecule has 0 aliphatic carbocycles. The summed E-state index contributed by atoms with van der Waals surface area (Å²) >= 11 is 0. The number of aromatic carboxylic acids is 1. The second kappa shape index (κ2) is 18.3. The predicted octanol–water partition coefficient (Wildman–Crippen LogP) is 9.13. The summed E-state index contributed by atoms with van der Waals surface area (Å²) in [5.41, 5.74) is -1.86. The third-order valence-electron chi connectivity index (χ3n) is 9.16. The summed E-state index contributed by atoms with van der Waals surface area (Å²) < 4.78 is 62.1. The van der Waals surface area contributed by atoms with Crippen LogP contribution in [0.3, 0.4) is 0 Å². The zero-order valence-electron chi connectivity index (χ0n) is 29.1. The van der Waals surface area contributed by atoms with Crippen LogP contribution in [0, 0.1) is 29.1 Å². The molecule has 7 rings (SSSR count). The first kappa shape index (κ1) is 40.0. The second-order valence-corrected chi connectivity index (χ2v) is 26.3. The number of hydrogen-bond acceptors (Lipinski definition) is 2.